The lowest BCUT2D eigenvalue weighted by atomic mass is 10.1. The van der Waals surface area contributed by atoms with E-state index in [0.717, 1.165) is 11.3 Å². The van der Waals surface area contributed by atoms with E-state index >= 15 is 0 Å². The predicted molar refractivity (Wildman–Crippen MR) is 97.6 cm³/mol. The first-order chi connectivity index (χ1) is 12.5. The maximum Gasteiger partial charge on any atom is 0.269 e. The first-order valence-electron chi connectivity index (χ1n) is 7.94. The Bertz CT molecular complexity index is 955. The number of rotatable bonds is 5. The van der Waals surface area contributed by atoms with E-state index in [2.05, 4.69) is 15.3 Å². The molecule has 0 unspecified atom stereocenters. The molecule has 1 N–H and O–H groups in total. The largest absolute Gasteiger partial charge is 0.326 e. The number of nitrogens with one attached hydrogen (secondary N) is 1. The molecule has 0 saturated heterocycles. The molecule has 7 nitrogen and oxygen atoms in total. The van der Waals surface area contributed by atoms with Gasteiger partial charge in [-0.3, -0.25) is 14.9 Å². The van der Waals surface area contributed by atoms with Crippen LogP contribution in [0, 0.1) is 17.0 Å². The van der Waals surface area contributed by atoms with Gasteiger partial charge in [0.25, 0.3) is 5.69 Å². The van der Waals surface area contributed by atoms with Crippen LogP contribution < -0.4 is 5.32 Å². The zero-order chi connectivity index (χ0) is 18.5. The molecule has 0 spiro atoms. The van der Waals surface area contributed by atoms with Crippen molar-refractivity contribution in [3.63, 3.8) is 0 Å². The molecule has 0 aliphatic heterocycles. The Labute approximate surface area is 149 Å². The van der Waals surface area contributed by atoms with Gasteiger partial charge in [0.05, 0.1) is 17.0 Å². The average Bonchev–Trinajstić information content (AvgIpc) is 2.62. The fourth-order valence-corrected chi connectivity index (χ4v) is 2.50. The first-order valence-corrected chi connectivity index (χ1v) is 7.94. The number of nitrogens with zero attached hydrogens (tertiary/aromatic N) is 3. The van der Waals surface area contributed by atoms with Crippen LogP contribution >= 0.6 is 0 Å². The number of nitro benzene ring substituents is 1. The third-order valence-corrected chi connectivity index (χ3v) is 3.73. The third-order valence-electron chi connectivity index (χ3n) is 3.73. The fraction of sp³-hybridized carbons (Fsp3) is 0.105. The molecule has 130 valence electrons. The van der Waals surface area contributed by atoms with Gasteiger partial charge in [-0.15, -0.1) is 0 Å². The Hall–Kier alpha value is -3.61. The van der Waals surface area contributed by atoms with Gasteiger partial charge in [0.15, 0.2) is 0 Å². The van der Waals surface area contributed by atoms with E-state index in [9.17, 15) is 14.9 Å². The van der Waals surface area contributed by atoms with Crippen molar-refractivity contribution in [3.8, 4) is 11.3 Å². The normalized spacial score (nSPS) is 10.3. The van der Waals surface area contributed by atoms with Crippen molar-refractivity contribution in [2.75, 3.05) is 5.32 Å². The number of benzene rings is 2. The summed E-state index contributed by atoms with van der Waals surface area (Å²) in [5, 5.41) is 13.5. The van der Waals surface area contributed by atoms with E-state index in [4.69, 9.17) is 0 Å². The van der Waals surface area contributed by atoms with Gasteiger partial charge in [0.2, 0.25) is 5.91 Å². The summed E-state index contributed by atoms with van der Waals surface area (Å²) < 4.78 is 0. The zero-order valence-corrected chi connectivity index (χ0v) is 14.0. The number of aromatic nitrogens is 2. The predicted octanol–water partition coefficient (Wildman–Crippen LogP) is 3.54. The van der Waals surface area contributed by atoms with Crippen molar-refractivity contribution in [2.45, 2.75) is 13.3 Å². The molecule has 0 aliphatic rings. The van der Waals surface area contributed by atoms with Crippen molar-refractivity contribution in [3.05, 3.63) is 82.3 Å². The van der Waals surface area contributed by atoms with Crippen LogP contribution in [0.5, 0.6) is 0 Å². The highest BCUT2D eigenvalue weighted by atomic mass is 16.6. The molecule has 2 aromatic carbocycles. The number of carbonyl (C=O) groups is 1. The number of nitro groups is 1. The minimum atomic E-state index is -0.468. The van der Waals surface area contributed by atoms with Crippen molar-refractivity contribution in [1.82, 2.24) is 9.97 Å². The second-order valence-electron chi connectivity index (χ2n) is 5.72. The molecule has 0 bridgehead atoms. The molecule has 26 heavy (non-hydrogen) atoms. The third kappa shape index (κ3) is 4.27. The van der Waals surface area contributed by atoms with Gasteiger partial charge >= 0.3 is 0 Å². The highest BCUT2D eigenvalue weighted by molar-refractivity contribution is 5.92. The molecule has 0 saturated carbocycles. The van der Waals surface area contributed by atoms with E-state index in [1.807, 2.05) is 31.2 Å². The first kappa shape index (κ1) is 17.2. The monoisotopic (exact) mass is 348 g/mol. The van der Waals surface area contributed by atoms with E-state index in [0.29, 0.717) is 17.1 Å². The van der Waals surface area contributed by atoms with Crippen LogP contribution in [0.4, 0.5) is 11.4 Å². The number of amides is 1. The lowest BCUT2D eigenvalue weighted by Gasteiger charge is -2.08. The van der Waals surface area contributed by atoms with Crippen LogP contribution in [-0.4, -0.2) is 20.8 Å². The number of carbonyl (C=O) groups excluding carboxylic acids is 1. The second kappa shape index (κ2) is 7.52. The van der Waals surface area contributed by atoms with Gasteiger partial charge < -0.3 is 5.32 Å². The number of aryl methyl sites for hydroxylation is 1. The zero-order valence-electron chi connectivity index (χ0n) is 14.0. The van der Waals surface area contributed by atoms with Crippen molar-refractivity contribution in [2.24, 2.45) is 0 Å². The van der Waals surface area contributed by atoms with E-state index < -0.39 is 4.92 Å². The molecule has 0 atom stereocenters. The van der Waals surface area contributed by atoms with Crippen LogP contribution in [-0.2, 0) is 11.2 Å². The maximum atomic E-state index is 12.2. The Kier molecular flexibility index (Phi) is 4.98. The molecular weight excluding hydrogens is 332 g/mol. The molecule has 3 rings (SSSR count). The highest BCUT2D eigenvalue weighted by Gasteiger charge is 2.08. The SMILES string of the molecule is Cc1nccc(-c2cccc(NC(=O)Cc3ccc([N+](=O)[O-])cc3)c2)n1. The van der Waals surface area contributed by atoms with Gasteiger partial charge in [0.1, 0.15) is 5.82 Å². The Morgan fingerprint density at radius 1 is 1.15 bits per heavy atom. The van der Waals surface area contributed by atoms with Crippen molar-refractivity contribution >= 4 is 17.3 Å². The van der Waals surface area contributed by atoms with Crippen LogP contribution in [0.2, 0.25) is 0 Å². The standard InChI is InChI=1S/C19H16N4O3/c1-13-20-10-9-18(21-13)15-3-2-4-16(12-15)22-19(24)11-14-5-7-17(8-6-14)23(25)26/h2-10,12H,11H2,1H3,(H,22,24). The second-order valence-corrected chi connectivity index (χ2v) is 5.72. The topological polar surface area (TPSA) is 98.0 Å². The summed E-state index contributed by atoms with van der Waals surface area (Å²) in [6.45, 7) is 1.82. The van der Waals surface area contributed by atoms with Crippen LogP contribution in [0.15, 0.2) is 60.8 Å². The maximum absolute atomic E-state index is 12.2. The summed E-state index contributed by atoms with van der Waals surface area (Å²) in [5.41, 5.74) is 3.02. The Morgan fingerprint density at radius 3 is 2.62 bits per heavy atom. The van der Waals surface area contributed by atoms with E-state index in [-0.39, 0.29) is 18.0 Å². The fourth-order valence-electron chi connectivity index (χ4n) is 2.50. The van der Waals surface area contributed by atoms with Gasteiger partial charge in [-0.2, -0.15) is 0 Å². The molecular formula is C19H16N4O3. The summed E-state index contributed by atoms with van der Waals surface area (Å²) >= 11 is 0. The van der Waals surface area contributed by atoms with Crippen LogP contribution in [0.25, 0.3) is 11.3 Å². The lowest BCUT2D eigenvalue weighted by Crippen LogP contribution is -2.14. The number of anilines is 1. The summed E-state index contributed by atoms with van der Waals surface area (Å²) in [7, 11) is 0. The summed E-state index contributed by atoms with van der Waals surface area (Å²) in [6, 6.07) is 15.1. The molecule has 3 aromatic rings. The number of hydrogen-bond acceptors (Lipinski definition) is 5. The molecule has 0 radical (unpaired) electrons. The smallest absolute Gasteiger partial charge is 0.269 e. The number of non-ortho nitro benzene ring substituents is 1. The average molecular weight is 348 g/mol. The summed E-state index contributed by atoms with van der Waals surface area (Å²) in [5.74, 6) is 0.477. The van der Waals surface area contributed by atoms with Gasteiger partial charge in [-0.1, -0.05) is 24.3 Å². The molecule has 1 amide bonds. The molecule has 7 heteroatoms. The number of hydrogen-bond donors (Lipinski definition) is 1. The molecule has 0 fully saturated rings. The highest BCUT2D eigenvalue weighted by Crippen LogP contribution is 2.21. The van der Waals surface area contributed by atoms with Gasteiger partial charge in [-0.25, -0.2) is 9.97 Å². The quantitative estimate of drug-likeness (QED) is 0.562. The van der Waals surface area contributed by atoms with Crippen molar-refractivity contribution in [1.29, 1.82) is 0 Å². The Morgan fingerprint density at radius 2 is 1.92 bits per heavy atom. The minimum absolute atomic E-state index is 0.00186. The van der Waals surface area contributed by atoms with Crippen LogP contribution in [0.1, 0.15) is 11.4 Å². The molecule has 1 aromatic heterocycles. The van der Waals surface area contributed by atoms with Crippen LogP contribution in [0.3, 0.4) is 0 Å². The lowest BCUT2D eigenvalue weighted by molar-refractivity contribution is -0.384. The molecule has 1 heterocycles. The van der Waals surface area contributed by atoms with Gasteiger partial charge in [-0.05, 0) is 30.7 Å². The minimum Gasteiger partial charge on any atom is -0.326 e. The van der Waals surface area contributed by atoms with Crippen molar-refractivity contribution < 1.29 is 9.72 Å². The van der Waals surface area contributed by atoms with Gasteiger partial charge in [0, 0.05) is 29.6 Å². The van der Waals surface area contributed by atoms with E-state index in [1.165, 1.54) is 12.1 Å². The summed E-state index contributed by atoms with van der Waals surface area (Å²) in [6.07, 6.45) is 1.83. The Balaban J connectivity index is 1.69. The van der Waals surface area contributed by atoms with E-state index in [1.54, 1.807) is 24.4 Å². The molecule has 0 aliphatic carbocycles. The summed E-state index contributed by atoms with van der Waals surface area (Å²) in [4.78, 5) is 30.9.